The standard InChI is InChI=1S/C16H22FN/c1-4-6-7-11-15(18-12-5-2)14-10-8-9-13(3)16(14)17/h8-10,15,18H,5,7,11-12H2,1-3H3. The zero-order chi connectivity index (χ0) is 13.4. The largest absolute Gasteiger partial charge is 0.310 e. The van der Waals surface area contributed by atoms with Crippen LogP contribution in [0.2, 0.25) is 0 Å². The number of rotatable bonds is 6. The van der Waals surface area contributed by atoms with Crippen LogP contribution in [-0.2, 0) is 0 Å². The molecule has 1 unspecified atom stereocenters. The molecule has 2 heteroatoms. The van der Waals surface area contributed by atoms with E-state index in [0.717, 1.165) is 31.4 Å². The molecule has 1 aromatic rings. The number of nitrogens with one attached hydrogen (secondary N) is 1. The van der Waals surface area contributed by atoms with Gasteiger partial charge in [0.2, 0.25) is 0 Å². The summed E-state index contributed by atoms with van der Waals surface area (Å²) in [5, 5.41) is 3.40. The highest BCUT2D eigenvalue weighted by atomic mass is 19.1. The zero-order valence-corrected chi connectivity index (χ0v) is 11.5. The first-order valence-corrected chi connectivity index (χ1v) is 6.58. The maximum Gasteiger partial charge on any atom is 0.130 e. The third-order valence-corrected chi connectivity index (χ3v) is 2.97. The summed E-state index contributed by atoms with van der Waals surface area (Å²) in [4.78, 5) is 0. The fourth-order valence-electron chi connectivity index (χ4n) is 1.97. The van der Waals surface area contributed by atoms with E-state index in [4.69, 9.17) is 0 Å². The van der Waals surface area contributed by atoms with Crippen molar-refractivity contribution in [1.29, 1.82) is 0 Å². The van der Waals surface area contributed by atoms with Gasteiger partial charge >= 0.3 is 0 Å². The van der Waals surface area contributed by atoms with Crippen molar-refractivity contribution in [3.63, 3.8) is 0 Å². The second-order valence-corrected chi connectivity index (χ2v) is 4.45. The Morgan fingerprint density at radius 3 is 2.83 bits per heavy atom. The summed E-state index contributed by atoms with van der Waals surface area (Å²) in [6.07, 6.45) is 2.69. The number of hydrogen-bond donors (Lipinski definition) is 1. The van der Waals surface area contributed by atoms with Gasteiger partial charge in [-0.1, -0.05) is 25.1 Å². The lowest BCUT2D eigenvalue weighted by Crippen LogP contribution is -2.23. The highest BCUT2D eigenvalue weighted by molar-refractivity contribution is 5.27. The van der Waals surface area contributed by atoms with Gasteiger partial charge in [-0.25, -0.2) is 4.39 Å². The molecule has 0 saturated heterocycles. The van der Waals surface area contributed by atoms with Crippen molar-refractivity contribution in [2.75, 3.05) is 6.54 Å². The Kier molecular flexibility index (Phi) is 6.46. The van der Waals surface area contributed by atoms with E-state index < -0.39 is 0 Å². The Hall–Kier alpha value is -1.33. The molecule has 1 N–H and O–H groups in total. The van der Waals surface area contributed by atoms with Crippen LogP contribution in [-0.4, -0.2) is 6.54 Å². The first-order chi connectivity index (χ1) is 8.70. The van der Waals surface area contributed by atoms with Gasteiger partial charge in [-0.05, 0) is 38.8 Å². The highest BCUT2D eigenvalue weighted by Gasteiger charge is 2.15. The first-order valence-electron chi connectivity index (χ1n) is 6.58. The van der Waals surface area contributed by atoms with Crippen molar-refractivity contribution < 1.29 is 4.39 Å². The number of benzene rings is 1. The van der Waals surface area contributed by atoms with E-state index in [-0.39, 0.29) is 11.9 Å². The summed E-state index contributed by atoms with van der Waals surface area (Å²) in [7, 11) is 0. The SMILES string of the molecule is CC#CCCC(NCCC)c1cccc(C)c1F. The summed E-state index contributed by atoms with van der Waals surface area (Å²) < 4.78 is 14.1. The number of halogens is 1. The molecule has 1 nitrogen and oxygen atoms in total. The predicted octanol–water partition coefficient (Wildman–Crippen LogP) is 3.98. The molecule has 0 aliphatic carbocycles. The summed E-state index contributed by atoms with van der Waals surface area (Å²) in [5.41, 5.74) is 1.47. The van der Waals surface area contributed by atoms with E-state index in [1.54, 1.807) is 0 Å². The molecule has 0 bridgehead atoms. The van der Waals surface area contributed by atoms with Crippen LogP contribution in [0, 0.1) is 24.6 Å². The second-order valence-electron chi connectivity index (χ2n) is 4.45. The lowest BCUT2D eigenvalue weighted by atomic mass is 9.99. The van der Waals surface area contributed by atoms with E-state index in [0.29, 0.717) is 5.56 Å². The minimum Gasteiger partial charge on any atom is -0.310 e. The van der Waals surface area contributed by atoms with Crippen LogP contribution in [0.5, 0.6) is 0 Å². The third kappa shape index (κ3) is 4.16. The van der Waals surface area contributed by atoms with Crippen LogP contribution in [0.3, 0.4) is 0 Å². The minimum atomic E-state index is -0.0874. The average Bonchev–Trinajstić information content (AvgIpc) is 2.37. The van der Waals surface area contributed by atoms with E-state index in [1.807, 2.05) is 32.0 Å². The molecule has 0 heterocycles. The molecule has 0 aliphatic heterocycles. The van der Waals surface area contributed by atoms with Crippen LogP contribution in [0.1, 0.15) is 50.3 Å². The van der Waals surface area contributed by atoms with E-state index in [9.17, 15) is 4.39 Å². The molecule has 0 aliphatic rings. The van der Waals surface area contributed by atoms with Crippen molar-refractivity contribution in [3.8, 4) is 11.8 Å². The maximum absolute atomic E-state index is 14.1. The van der Waals surface area contributed by atoms with Crippen molar-refractivity contribution in [1.82, 2.24) is 5.32 Å². The Bertz CT molecular complexity index is 428. The second kappa shape index (κ2) is 7.89. The monoisotopic (exact) mass is 247 g/mol. The van der Waals surface area contributed by atoms with Gasteiger partial charge in [-0.2, -0.15) is 0 Å². The Morgan fingerprint density at radius 2 is 2.17 bits per heavy atom. The van der Waals surface area contributed by atoms with Crippen LogP contribution in [0.15, 0.2) is 18.2 Å². The molecular weight excluding hydrogens is 225 g/mol. The molecule has 1 aromatic carbocycles. The van der Waals surface area contributed by atoms with Gasteiger partial charge in [0.25, 0.3) is 0 Å². The van der Waals surface area contributed by atoms with Crippen molar-refractivity contribution in [3.05, 3.63) is 35.1 Å². The highest BCUT2D eigenvalue weighted by Crippen LogP contribution is 2.23. The van der Waals surface area contributed by atoms with Crippen LogP contribution in [0.4, 0.5) is 4.39 Å². The van der Waals surface area contributed by atoms with Crippen LogP contribution < -0.4 is 5.32 Å². The number of hydrogen-bond acceptors (Lipinski definition) is 1. The molecule has 18 heavy (non-hydrogen) atoms. The molecule has 0 saturated carbocycles. The zero-order valence-electron chi connectivity index (χ0n) is 11.5. The summed E-state index contributed by atoms with van der Waals surface area (Å²) in [6.45, 7) is 6.66. The molecule has 98 valence electrons. The van der Waals surface area contributed by atoms with Gasteiger partial charge in [0, 0.05) is 18.0 Å². The number of aryl methyl sites for hydroxylation is 1. The minimum absolute atomic E-state index is 0.0608. The molecule has 1 rings (SSSR count). The summed E-state index contributed by atoms with van der Waals surface area (Å²) >= 11 is 0. The van der Waals surface area contributed by atoms with Crippen molar-refractivity contribution in [2.24, 2.45) is 0 Å². The molecule has 0 aromatic heterocycles. The molecule has 1 atom stereocenters. The third-order valence-electron chi connectivity index (χ3n) is 2.97. The Morgan fingerprint density at radius 1 is 1.39 bits per heavy atom. The van der Waals surface area contributed by atoms with Gasteiger partial charge in [-0.3, -0.25) is 0 Å². The smallest absolute Gasteiger partial charge is 0.130 e. The first kappa shape index (κ1) is 14.7. The normalized spacial score (nSPS) is 11.8. The van der Waals surface area contributed by atoms with E-state index >= 15 is 0 Å². The van der Waals surface area contributed by atoms with Crippen LogP contribution in [0.25, 0.3) is 0 Å². The van der Waals surface area contributed by atoms with Gasteiger partial charge in [-0.15, -0.1) is 11.8 Å². The van der Waals surface area contributed by atoms with Crippen molar-refractivity contribution >= 4 is 0 Å². The predicted molar refractivity (Wildman–Crippen MR) is 74.9 cm³/mol. The molecule has 0 spiro atoms. The summed E-state index contributed by atoms with van der Waals surface area (Å²) in [6, 6.07) is 5.65. The molecule has 0 amide bonds. The molecular formula is C16H22FN. The van der Waals surface area contributed by atoms with Crippen LogP contribution >= 0.6 is 0 Å². The van der Waals surface area contributed by atoms with E-state index in [1.165, 1.54) is 0 Å². The van der Waals surface area contributed by atoms with Gasteiger partial charge in [0.15, 0.2) is 0 Å². The lowest BCUT2D eigenvalue weighted by Gasteiger charge is -2.19. The molecule has 0 radical (unpaired) electrons. The van der Waals surface area contributed by atoms with Gasteiger partial charge in [0.05, 0.1) is 0 Å². The van der Waals surface area contributed by atoms with E-state index in [2.05, 4.69) is 24.1 Å². The lowest BCUT2D eigenvalue weighted by molar-refractivity contribution is 0.476. The quantitative estimate of drug-likeness (QED) is 0.750. The van der Waals surface area contributed by atoms with Crippen molar-refractivity contribution in [2.45, 2.75) is 46.1 Å². The van der Waals surface area contributed by atoms with Gasteiger partial charge in [0.1, 0.15) is 5.82 Å². The fourth-order valence-corrected chi connectivity index (χ4v) is 1.97. The topological polar surface area (TPSA) is 12.0 Å². The Balaban J connectivity index is 2.85. The summed E-state index contributed by atoms with van der Waals surface area (Å²) in [5.74, 6) is 5.84. The van der Waals surface area contributed by atoms with Gasteiger partial charge < -0.3 is 5.32 Å². The molecule has 0 fully saturated rings. The fraction of sp³-hybridized carbons (Fsp3) is 0.500. The maximum atomic E-state index is 14.1. The average molecular weight is 247 g/mol. The Labute approximate surface area is 110 Å².